The zero-order valence-electron chi connectivity index (χ0n) is 13.0. The van der Waals surface area contributed by atoms with Crippen molar-refractivity contribution in [2.24, 2.45) is 0 Å². The number of hydrogen-bond donors (Lipinski definition) is 1. The number of carboxylic acids is 1. The molecule has 5 heteroatoms. The smallest absolute Gasteiger partial charge is 0.336 e. The van der Waals surface area contributed by atoms with E-state index < -0.39 is 5.97 Å². The van der Waals surface area contributed by atoms with E-state index in [1.54, 1.807) is 29.1 Å². The minimum absolute atomic E-state index is 0.287. The summed E-state index contributed by atoms with van der Waals surface area (Å²) in [6.45, 7) is 4.46. The summed E-state index contributed by atoms with van der Waals surface area (Å²) in [6, 6.07) is 13.2. The Morgan fingerprint density at radius 3 is 2.70 bits per heavy atom. The number of rotatable bonds is 4. The Morgan fingerprint density at radius 2 is 1.96 bits per heavy atom. The van der Waals surface area contributed by atoms with Crippen LogP contribution in [0.5, 0.6) is 0 Å². The molecule has 3 aromatic rings. The maximum absolute atomic E-state index is 11.4. The van der Waals surface area contributed by atoms with Crippen LogP contribution in [0.2, 0.25) is 0 Å². The molecule has 116 valence electrons. The fourth-order valence-corrected chi connectivity index (χ4v) is 2.71. The summed E-state index contributed by atoms with van der Waals surface area (Å²) < 4.78 is 1.74. The first-order chi connectivity index (χ1) is 11.1. The molecular formula is C18H17N3O2. The van der Waals surface area contributed by atoms with Gasteiger partial charge in [0.15, 0.2) is 0 Å². The largest absolute Gasteiger partial charge is 0.478 e. The molecular weight excluding hydrogens is 290 g/mol. The van der Waals surface area contributed by atoms with E-state index in [4.69, 9.17) is 0 Å². The predicted molar refractivity (Wildman–Crippen MR) is 87.4 cm³/mol. The van der Waals surface area contributed by atoms with Crippen LogP contribution in [0.25, 0.3) is 11.3 Å². The predicted octanol–water partition coefficient (Wildman–Crippen LogP) is 3.31. The zero-order valence-corrected chi connectivity index (χ0v) is 13.0. The Hall–Kier alpha value is -2.95. The van der Waals surface area contributed by atoms with Crippen LogP contribution >= 0.6 is 0 Å². The van der Waals surface area contributed by atoms with Gasteiger partial charge in [-0.2, -0.15) is 0 Å². The van der Waals surface area contributed by atoms with Gasteiger partial charge in [-0.25, -0.2) is 9.48 Å². The van der Waals surface area contributed by atoms with E-state index in [1.807, 2.05) is 25.1 Å². The molecule has 2 aromatic carbocycles. The fraction of sp³-hybridized carbons (Fsp3) is 0.167. The van der Waals surface area contributed by atoms with Crippen LogP contribution in [0, 0.1) is 13.8 Å². The van der Waals surface area contributed by atoms with Crippen molar-refractivity contribution in [1.82, 2.24) is 15.0 Å². The van der Waals surface area contributed by atoms with Crippen molar-refractivity contribution in [1.29, 1.82) is 0 Å². The number of hydrogen-bond acceptors (Lipinski definition) is 3. The van der Waals surface area contributed by atoms with Gasteiger partial charge >= 0.3 is 5.97 Å². The molecule has 0 saturated carbocycles. The van der Waals surface area contributed by atoms with Gasteiger partial charge in [0, 0.05) is 5.56 Å². The lowest BCUT2D eigenvalue weighted by Gasteiger charge is -2.11. The monoisotopic (exact) mass is 307 g/mol. The van der Waals surface area contributed by atoms with E-state index >= 15 is 0 Å². The van der Waals surface area contributed by atoms with Gasteiger partial charge in [0.1, 0.15) is 0 Å². The standard InChI is InChI=1S/C18H17N3O2/c1-12-7-8-15(13(2)9-12)17-10-19-20-21(17)11-14-5-3-4-6-16(14)18(22)23/h3-10H,11H2,1-2H3,(H,22,23). The van der Waals surface area contributed by atoms with Gasteiger partial charge in [-0.3, -0.25) is 0 Å². The lowest BCUT2D eigenvalue weighted by Crippen LogP contribution is -2.09. The first-order valence-corrected chi connectivity index (χ1v) is 7.33. The summed E-state index contributed by atoms with van der Waals surface area (Å²) in [7, 11) is 0. The molecule has 5 nitrogen and oxygen atoms in total. The summed E-state index contributed by atoms with van der Waals surface area (Å²) in [6.07, 6.45) is 1.71. The first-order valence-electron chi connectivity index (χ1n) is 7.33. The van der Waals surface area contributed by atoms with Gasteiger partial charge in [0.25, 0.3) is 0 Å². The minimum atomic E-state index is -0.936. The third-order valence-corrected chi connectivity index (χ3v) is 3.84. The average molecular weight is 307 g/mol. The average Bonchev–Trinajstić information content (AvgIpc) is 2.95. The van der Waals surface area contributed by atoms with Gasteiger partial charge < -0.3 is 5.11 Å². The van der Waals surface area contributed by atoms with E-state index in [9.17, 15) is 9.90 Å². The maximum Gasteiger partial charge on any atom is 0.336 e. The Bertz CT molecular complexity index is 868. The number of carbonyl (C=O) groups is 1. The Labute approximate surface area is 134 Å². The lowest BCUT2D eigenvalue weighted by atomic mass is 10.0. The van der Waals surface area contributed by atoms with Crippen LogP contribution in [-0.2, 0) is 6.54 Å². The van der Waals surface area contributed by atoms with Crippen LogP contribution in [0.1, 0.15) is 27.0 Å². The summed E-state index contributed by atoms with van der Waals surface area (Å²) in [5, 5.41) is 17.4. The van der Waals surface area contributed by atoms with E-state index in [1.165, 1.54) is 5.56 Å². The summed E-state index contributed by atoms with van der Waals surface area (Å²) >= 11 is 0. The van der Waals surface area contributed by atoms with Gasteiger partial charge in [-0.1, -0.05) is 47.2 Å². The molecule has 0 aliphatic heterocycles. The van der Waals surface area contributed by atoms with Crippen molar-refractivity contribution in [3.05, 3.63) is 70.9 Å². The number of benzene rings is 2. The highest BCUT2D eigenvalue weighted by Crippen LogP contribution is 2.24. The zero-order chi connectivity index (χ0) is 16.4. The first kappa shape index (κ1) is 15.0. The second kappa shape index (κ2) is 6.04. The Kier molecular flexibility index (Phi) is 3.93. The molecule has 0 aliphatic carbocycles. The normalized spacial score (nSPS) is 10.7. The lowest BCUT2D eigenvalue weighted by molar-refractivity contribution is 0.0695. The van der Waals surface area contributed by atoms with Crippen LogP contribution in [-0.4, -0.2) is 26.1 Å². The highest BCUT2D eigenvalue weighted by Gasteiger charge is 2.14. The molecule has 1 heterocycles. The molecule has 0 atom stereocenters. The van der Waals surface area contributed by atoms with E-state index in [0.717, 1.165) is 16.8 Å². The molecule has 3 rings (SSSR count). The topological polar surface area (TPSA) is 68.0 Å². The van der Waals surface area contributed by atoms with Crippen molar-refractivity contribution < 1.29 is 9.90 Å². The van der Waals surface area contributed by atoms with Crippen molar-refractivity contribution in [3.8, 4) is 11.3 Å². The highest BCUT2D eigenvalue weighted by molar-refractivity contribution is 5.89. The van der Waals surface area contributed by atoms with Gasteiger partial charge in [0.2, 0.25) is 0 Å². The van der Waals surface area contributed by atoms with Crippen LogP contribution < -0.4 is 0 Å². The van der Waals surface area contributed by atoms with Crippen LogP contribution in [0.4, 0.5) is 0 Å². The van der Waals surface area contributed by atoms with Gasteiger partial charge in [0.05, 0.1) is 24.0 Å². The molecule has 1 aromatic heterocycles. The molecule has 0 amide bonds. The molecule has 0 unspecified atom stereocenters. The van der Waals surface area contributed by atoms with Crippen molar-refractivity contribution >= 4 is 5.97 Å². The number of aromatic carboxylic acids is 1. The number of aromatic nitrogens is 3. The van der Waals surface area contributed by atoms with E-state index in [-0.39, 0.29) is 5.56 Å². The van der Waals surface area contributed by atoms with Gasteiger partial charge in [-0.05, 0) is 31.0 Å². The molecule has 23 heavy (non-hydrogen) atoms. The summed E-state index contributed by atoms with van der Waals surface area (Å²) in [5.74, 6) is -0.936. The number of aryl methyl sites for hydroxylation is 2. The molecule has 0 radical (unpaired) electrons. The molecule has 0 saturated heterocycles. The van der Waals surface area contributed by atoms with Crippen molar-refractivity contribution in [2.45, 2.75) is 20.4 Å². The summed E-state index contributed by atoms with van der Waals surface area (Å²) in [4.78, 5) is 11.4. The van der Waals surface area contributed by atoms with E-state index in [0.29, 0.717) is 12.1 Å². The molecule has 0 aliphatic rings. The maximum atomic E-state index is 11.4. The van der Waals surface area contributed by atoms with Crippen LogP contribution in [0.3, 0.4) is 0 Å². The molecule has 0 bridgehead atoms. The van der Waals surface area contributed by atoms with E-state index in [2.05, 4.69) is 23.3 Å². The molecule has 0 fully saturated rings. The number of carboxylic acid groups (broad SMARTS) is 1. The number of nitrogens with zero attached hydrogens (tertiary/aromatic N) is 3. The summed E-state index contributed by atoms with van der Waals surface area (Å²) in [5.41, 5.74) is 5.25. The highest BCUT2D eigenvalue weighted by atomic mass is 16.4. The SMILES string of the molecule is Cc1ccc(-c2cnnn2Cc2ccccc2C(=O)O)c(C)c1. The molecule has 1 N–H and O–H groups in total. The minimum Gasteiger partial charge on any atom is -0.478 e. The molecule has 0 spiro atoms. The Balaban J connectivity index is 2.01. The Morgan fingerprint density at radius 1 is 1.17 bits per heavy atom. The van der Waals surface area contributed by atoms with Crippen LogP contribution in [0.15, 0.2) is 48.7 Å². The third-order valence-electron chi connectivity index (χ3n) is 3.84. The van der Waals surface area contributed by atoms with Gasteiger partial charge in [-0.15, -0.1) is 5.10 Å². The second-order valence-corrected chi connectivity index (χ2v) is 5.56. The third kappa shape index (κ3) is 2.99. The van der Waals surface area contributed by atoms with Crippen molar-refractivity contribution in [2.75, 3.05) is 0 Å². The second-order valence-electron chi connectivity index (χ2n) is 5.56. The van der Waals surface area contributed by atoms with Crippen molar-refractivity contribution in [3.63, 3.8) is 0 Å². The quantitative estimate of drug-likeness (QED) is 0.803. The fourth-order valence-electron chi connectivity index (χ4n) is 2.71.